The van der Waals surface area contributed by atoms with Gasteiger partial charge in [0.1, 0.15) is 12.4 Å². The summed E-state index contributed by atoms with van der Waals surface area (Å²) in [6.45, 7) is 12.0. The minimum Gasteiger partial charge on any atom is -0.462 e. The molecule has 230 valence electrons. The Morgan fingerprint density at radius 2 is 1.93 bits per heavy atom. The smallest absolute Gasteiger partial charge is 0.416 e. The predicted octanol–water partition coefficient (Wildman–Crippen LogP) is 5.64. The lowest BCUT2D eigenvalue weighted by Gasteiger charge is -2.20. The number of anilines is 3. The minimum absolute atomic E-state index is 0.0333. The average molecular weight is 602 g/mol. The Labute approximate surface area is 247 Å². The predicted molar refractivity (Wildman–Crippen MR) is 161 cm³/mol. The van der Waals surface area contributed by atoms with Crippen molar-refractivity contribution in [1.29, 1.82) is 0 Å². The normalized spacial score (nSPS) is 17.7. The van der Waals surface area contributed by atoms with Gasteiger partial charge in [-0.25, -0.2) is 14.8 Å². The Hall–Kier alpha value is -4.82. The van der Waals surface area contributed by atoms with Gasteiger partial charge < -0.3 is 40.4 Å². The second-order valence-corrected chi connectivity index (χ2v) is 9.16. The number of hydrogen-bond acceptors (Lipinski definition) is 8. The first-order valence-corrected chi connectivity index (χ1v) is 12.9. The first kappa shape index (κ1) is 32.7. The van der Waals surface area contributed by atoms with E-state index >= 15 is 0 Å². The second kappa shape index (κ2) is 14.4. The van der Waals surface area contributed by atoms with E-state index in [1.165, 1.54) is 23.5 Å². The number of aliphatic imine (C=N–C) groups is 2. The molecule has 4 rings (SSSR count). The minimum atomic E-state index is -4.56. The number of alkyl halides is 3. The highest BCUT2D eigenvalue weighted by Crippen LogP contribution is 2.35. The molecule has 14 heteroatoms. The molecule has 11 nitrogen and oxygen atoms in total. The fraction of sp³-hybridized carbons (Fsp3) is 0.276. The number of hydrogen-bond donors (Lipinski definition) is 4. The van der Waals surface area contributed by atoms with E-state index in [4.69, 9.17) is 14.2 Å². The van der Waals surface area contributed by atoms with Crippen LogP contribution in [-0.2, 0) is 15.7 Å². The average Bonchev–Trinajstić information content (AvgIpc) is 3.63. The molecule has 2 heterocycles. The number of halogens is 3. The maximum absolute atomic E-state index is 13.1. The van der Waals surface area contributed by atoms with Crippen LogP contribution in [0.1, 0.15) is 19.4 Å². The van der Waals surface area contributed by atoms with Crippen LogP contribution in [0, 0.1) is 0 Å². The second-order valence-electron chi connectivity index (χ2n) is 9.16. The number of guanidine groups is 1. The van der Waals surface area contributed by atoms with E-state index in [0.717, 1.165) is 23.6 Å². The zero-order chi connectivity index (χ0) is 31.6. The summed E-state index contributed by atoms with van der Waals surface area (Å²) < 4.78 is 55.1. The van der Waals surface area contributed by atoms with E-state index in [1.807, 2.05) is 19.9 Å². The molecule has 0 radical (unpaired) electrons. The lowest BCUT2D eigenvalue weighted by Crippen LogP contribution is -2.44. The van der Waals surface area contributed by atoms with Crippen LogP contribution in [0.3, 0.4) is 0 Å². The molecule has 43 heavy (non-hydrogen) atoms. The Balaban J connectivity index is 0.000000347. The van der Waals surface area contributed by atoms with Crippen molar-refractivity contribution in [3.63, 3.8) is 0 Å². The molecular formula is C29H34F3N7O4. The van der Waals surface area contributed by atoms with Crippen LogP contribution >= 0.6 is 0 Å². The lowest BCUT2D eigenvalue weighted by molar-refractivity contribution is -0.137. The number of carbonyl (C=O) groups excluding carboxylic acids is 1. The van der Waals surface area contributed by atoms with E-state index < -0.39 is 23.7 Å². The summed E-state index contributed by atoms with van der Waals surface area (Å²) in [7, 11) is 3.18. The third-order valence-corrected chi connectivity index (χ3v) is 5.86. The van der Waals surface area contributed by atoms with Crippen molar-refractivity contribution in [2.45, 2.75) is 25.9 Å². The number of epoxide rings is 1. The highest BCUT2D eigenvalue weighted by molar-refractivity contribution is 6.03. The Kier molecular flexibility index (Phi) is 10.9. The summed E-state index contributed by atoms with van der Waals surface area (Å²) in [5.41, 5.74) is 0.720. The standard InChI is InChI=1S/C22H23F3N4O2.C7H11N3O2/c1-5-15(3)31-18-10-8-17(9-11-18)27-21(30)28-19-13-16(22(23,24)25)7-12-20(19)29(4)14-26-6-2;1-5-3-8-6(9-5)10-7(11-2)4-12-7/h5-14H,2H2,1,3-4H3,(H2,27,28,30);1,3-4H2,2H3,(H2,8,9,10)/b15-5+,26-14?;. The van der Waals surface area contributed by atoms with Crippen LogP contribution in [0.2, 0.25) is 0 Å². The monoisotopic (exact) mass is 601 g/mol. The van der Waals surface area contributed by atoms with Crippen molar-refractivity contribution in [2.75, 3.05) is 42.8 Å². The van der Waals surface area contributed by atoms with Gasteiger partial charge >= 0.3 is 12.2 Å². The SMILES string of the molecule is C=C1CN=C(NC2(OC)CO2)N1.C=CN=CN(C)c1ccc(C(F)(F)F)cc1NC(=O)Nc1ccc(O/C(C)=C/C)cc1. The topological polar surface area (TPSA) is 124 Å². The van der Waals surface area contributed by atoms with Crippen molar-refractivity contribution in [3.8, 4) is 5.75 Å². The maximum Gasteiger partial charge on any atom is 0.416 e. The molecule has 2 aromatic carbocycles. The summed E-state index contributed by atoms with van der Waals surface area (Å²) in [4.78, 5) is 21.9. The molecule has 2 aliphatic rings. The third kappa shape index (κ3) is 9.90. The van der Waals surface area contributed by atoms with Crippen molar-refractivity contribution < 1.29 is 32.2 Å². The number of methoxy groups -OCH3 is 1. The highest BCUT2D eigenvalue weighted by Gasteiger charge is 2.47. The van der Waals surface area contributed by atoms with E-state index in [9.17, 15) is 18.0 Å². The number of rotatable bonds is 9. The number of urea groups is 1. The summed E-state index contributed by atoms with van der Waals surface area (Å²) in [6, 6.07) is 8.92. The van der Waals surface area contributed by atoms with Gasteiger partial charge in [-0.05, 0) is 62.4 Å². The first-order chi connectivity index (χ1) is 20.4. The number of benzene rings is 2. The van der Waals surface area contributed by atoms with Gasteiger partial charge in [0.15, 0.2) is 5.96 Å². The van der Waals surface area contributed by atoms with E-state index in [-0.39, 0.29) is 5.69 Å². The van der Waals surface area contributed by atoms with Crippen LogP contribution in [-0.4, -0.2) is 51.5 Å². The van der Waals surface area contributed by atoms with Gasteiger partial charge in [-0.15, -0.1) is 0 Å². The summed E-state index contributed by atoms with van der Waals surface area (Å²) in [6.07, 6.45) is -0.0984. The summed E-state index contributed by atoms with van der Waals surface area (Å²) in [5.74, 6) is 1.33. The Morgan fingerprint density at radius 1 is 1.23 bits per heavy atom. The number of allylic oxidation sites excluding steroid dienone is 2. The van der Waals surface area contributed by atoms with Gasteiger partial charge in [0, 0.05) is 31.7 Å². The zero-order valence-corrected chi connectivity index (χ0v) is 24.2. The van der Waals surface area contributed by atoms with Gasteiger partial charge in [0.2, 0.25) is 0 Å². The molecule has 2 amide bonds. The number of nitrogens with zero attached hydrogens (tertiary/aromatic N) is 3. The van der Waals surface area contributed by atoms with Gasteiger partial charge in [0.05, 0.1) is 35.6 Å². The van der Waals surface area contributed by atoms with E-state index in [1.54, 1.807) is 38.4 Å². The lowest BCUT2D eigenvalue weighted by atomic mass is 10.1. The van der Waals surface area contributed by atoms with Crippen LogP contribution in [0.5, 0.6) is 5.75 Å². The number of carbonyl (C=O) groups is 1. The van der Waals surface area contributed by atoms with Gasteiger partial charge in [-0.2, -0.15) is 13.2 Å². The van der Waals surface area contributed by atoms with E-state index in [2.05, 4.69) is 44.4 Å². The molecular weight excluding hydrogens is 567 g/mol. The van der Waals surface area contributed by atoms with Gasteiger partial charge in [0.25, 0.3) is 5.91 Å². The summed E-state index contributed by atoms with van der Waals surface area (Å²) >= 11 is 0. The van der Waals surface area contributed by atoms with Crippen molar-refractivity contribution >= 4 is 35.4 Å². The quantitative estimate of drug-likeness (QED) is 0.0965. The van der Waals surface area contributed by atoms with Crippen molar-refractivity contribution in [2.24, 2.45) is 9.98 Å². The maximum atomic E-state index is 13.1. The molecule has 0 bridgehead atoms. The Morgan fingerprint density at radius 3 is 2.47 bits per heavy atom. The van der Waals surface area contributed by atoms with Crippen LogP contribution < -0.4 is 30.9 Å². The van der Waals surface area contributed by atoms with Crippen molar-refractivity contribution in [3.05, 3.63) is 84.9 Å². The molecule has 2 aliphatic heterocycles. The Bertz CT molecular complexity index is 1400. The third-order valence-electron chi connectivity index (χ3n) is 5.86. The van der Waals surface area contributed by atoms with Crippen molar-refractivity contribution in [1.82, 2.24) is 10.6 Å². The zero-order valence-electron chi connectivity index (χ0n) is 24.2. The molecule has 0 saturated carbocycles. The molecule has 4 N–H and O–H groups in total. The molecule has 1 fully saturated rings. The first-order valence-electron chi connectivity index (χ1n) is 12.9. The number of nitrogens with one attached hydrogen (secondary N) is 4. The molecule has 1 saturated heterocycles. The van der Waals surface area contributed by atoms with Crippen LogP contribution in [0.4, 0.5) is 35.0 Å². The fourth-order valence-corrected chi connectivity index (χ4v) is 3.44. The number of amides is 2. The fourth-order valence-electron chi connectivity index (χ4n) is 3.44. The molecule has 0 aromatic heterocycles. The van der Waals surface area contributed by atoms with Gasteiger partial charge in [-0.3, -0.25) is 0 Å². The summed E-state index contributed by atoms with van der Waals surface area (Å²) in [5, 5.41) is 11.0. The van der Waals surface area contributed by atoms with E-state index in [0.29, 0.717) is 36.2 Å². The van der Waals surface area contributed by atoms with Crippen LogP contribution in [0.15, 0.2) is 89.3 Å². The number of ether oxygens (including phenoxy) is 3. The molecule has 1 atom stereocenters. The molecule has 2 aromatic rings. The molecule has 0 aliphatic carbocycles. The largest absolute Gasteiger partial charge is 0.462 e. The molecule has 0 spiro atoms. The molecule has 1 unspecified atom stereocenters. The van der Waals surface area contributed by atoms with Crippen LogP contribution in [0.25, 0.3) is 0 Å². The van der Waals surface area contributed by atoms with Gasteiger partial charge in [-0.1, -0.05) is 13.2 Å². The highest BCUT2D eigenvalue weighted by atomic mass is 19.4.